The van der Waals surface area contributed by atoms with Crippen molar-refractivity contribution in [3.63, 3.8) is 0 Å². The van der Waals surface area contributed by atoms with E-state index < -0.39 is 0 Å². The predicted molar refractivity (Wildman–Crippen MR) is 117 cm³/mol. The van der Waals surface area contributed by atoms with E-state index in [0.717, 1.165) is 29.2 Å². The van der Waals surface area contributed by atoms with Crippen molar-refractivity contribution in [1.29, 1.82) is 0 Å². The second-order valence-electron chi connectivity index (χ2n) is 7.07. The first-order valence-corrected chi connectivity index (χ1v) is 9.80. The zero-order valence-electron chi connectivity index (χ0n) is 16.4. The third kappa shape index (κ3) is 3.86. The summed E-state index contributed by atoms with van der Waals surface area (Å²) in [5, 5.41) is 8.88. The van der Waals surface area contributed by atoms with Crippen LogP contribution < -0.4 is 15.4 Å². The molecule has 0 spiro atoms. The Morgan fingerprint density at radius 2 is 1.46 bits per heavy atom. The third-order valence-electron chi connectivity index (χ3n) is 5.13. The van der Waals surface area contributed by atoms with Crippen LogP contribution in [0.15, 0.2) is 90.0 Å². The van der Waals surface area contributed by atoms with Gasteiger partial charge in [0.15, 0.2) is 5.84 Å². The van der Waals surface area contributed by atoms with Crippen molar-refractivity contribution in [2.24, 2.45) is 5.10 Å². The van der Waals surface area contributed by atoms with Gasteiger partial charge in [-0.3, -0.25) is 0 Å². The molecule has 1 unspecified atom stereocenters. The van der Waals surface area contributed by atoms with E-state index in [0.29, 0.717) is 12.6 Å². The van der Waals surface area contributed by atoms with Crippen LogP contribution >= 0.6 is 0 Å². The molecular weight excluding hydrogens is 344 g/mol. The number of hydrogen-bond donors (Lipinski definition) is 0. The van der Waals surface area contributed by atoms with Gasteiger partial charge in [0.2, 0.25) is 0 Å². The topological polar surface area (TPSA) is 32.9 Å². The van der Waals surface area contributed by atoms with Crippen molar-refractivity contribution in [2.75, 3.05) is 16.7 Å². The maximum absolute atomic E-state index is 4.87. The van der Waals surface area contributed by atoms with Crippen LogP contribution in [-0.4, -0.2) is 12.5 Å². The number of amidine groups is 1. The predicted octanol–water partition coefficient (Wildman–Crippen LogP) is 5.37. The summed E-state index contributed by atoms with van der Waals surface area (Å²) < 4.78 is 0. The third-order valence-corrected chi connectivity index (χ3v) is 5.13. The van der Waals surface area contributed by atoms with Crippen LogP contribution in [0.25, 0.3) is 0 Å². The van der Waals surface area contributed by atoms with E-state index in [-0.39, 0.29) is 0 Å². The largest absolute Gasteiger partial charge is 0.242 e. The zero-order valence-corrected chi connectivity index (χ0v) is 16.4. The first-order valence-electron chi connectivity index (χ1n) is 9.80. The highest BCUT2D eigenvalue weighted by Crippen LogP contribution is 2.24. The molecule has 0 saturated carbocycles. The molecule has 4 heteroatoms. The summed E-state index contributed by atoms with van der Waals surface area (Å²) in [4.78, 5) is 0. The second kappa shape index (κ2) is 8.17. The molecule has 0 aliphatic carbocycles. The molecule has 1 radical (unpaired) electrons. The average Bonchev–Trinajstić information content (AvgIpc) is 2.79. The summed E-state index contributed by atoms with van der Waals surface area (Å²) in [6.45, 7) is 5.04. The summed E-state index contributed by atoms with van der Waals surface area (Å²) in [5.41, 5.74) is 9.33. The fourth-order valence-electron chi connectivity index (χ4n) is 3.25. The Morgan fingerprint density at radius 1 is 0.821 bits per heavy atom. The molecule has 1 atom stereocenters. The number of hydrazone groups is 1. The molecule has 0 N–H and O–H groups in total. The van der Waals surface area contributed by atoms with Gasteiger partial charge in [0.05, 0.1) is 11.4 Å². The highest BCUT2D eigenvalue weighted by atomic mass is 15.7. The van der Waals surface area contributed by atoms with Crippen LogP contribution in [0.3, 0.4) is 0 Å². The zero-order chi connectivity index (χ0) is 19.3. The minimum atomic E-state index is 0.514. The molecule has 0 bridgehead atoms. The molecule has 141 valence electrons. The van der Waals surface area contributed by atoms with Crippen LogP contribution in [0.5, 0.6) is 0 Å². The Labute approximate surface area is 167 Å². The maximum atomic E-state index is 4.87. The van der Waals surface area contributed by atoms with Crippen LogP contribution in [-0.2, 0) is 0 Å². The Morgan fingerprint density at radius 3 is 2.11 bits per heavy atom. The lowest BCUT2D eigenvalue weighted by atomic mass is 9.97. The molecule has 4 rings (SSSR count). The Hall–Kier alpha value is -3.27. The monoisotopic (exact) mass is 369 g/mol. The van der Waals surface area contributed by atoms with E-state index in [2.05, 4.69) is 62.4 Å². The van der Waals surface area contributed by atoms with Gasteiger partial charge in [0.25, 0.3) is 0 Å². The van der Waals surface area contributed by atoms with Crippen molar-refractivity contribution < 1.29 is 0 Å². The number of anilines is 2. The Balaban J connectivity index is 1.72. The van der Waals surface area contributed by atoms with Gasteiger partial charge in [0, 0.05) is 5.56 Å². The van der Waals surface area contributed by atoms with Crippen molar-refractivity contribution >= 4 is 17.2 Å². The van der Waals surface area contributed by atoms with Crippen molar-refractivity contribution in [2.45, 2.75) is 26.2 Å². The SMILES string of the molecule is CCC(C)c1cccc(C2=NN(c3ccccc3)CN(c3ccccc3)[N]2)c1. The standard InChI is InChI=1S/C24H25N4/c1-3-19(2)20-11-10-12-21(17-20)24-25-27(22-13-6-4-7-14-22)18-28(26-24)23-15-8-5-9-16-23/h4-17,19H,3,18H2,1-2H3. The van der Waals surface area contributed by atoms with Gasteiger partial charge in [-0.2, -0.15) is 0 Å². The smallest absolute Gasteiger partial charge is 0.199 e. The second-order valence-corrected chi connectivity index (χ2v) is 7.07. The summed E-state index contributed by atoms with van der Waals surface area (Å²) in [5.74, 6) is 1.24. The molecule has 0 amide bonds. The Bertz CT molecular complexity index is 937. The fourth-order valence-corrected chi connectivity index (χ4v) is 3.25. The van der Waals surface area contributed by atoms with E-state index >= 15 is 0 Å². The highest BCUT2D eigenvalue weighted by Gasteiger charge is 2.23. The average molecular weight is 369 g/mol. The van der Waals surface area contributed by atoms with Crippen LogP contribution in [0, 0.1) is 0 Å². The summed E-state index contributed by atoms with van der Waals surface area (Å²) in [6, 6.07) is 29.1. The minimum Gasteiger partial charge on any atom is -0.242 e. The molecule has 4 nitrogen and oxygen atoms in total. The number of para-hydroxylation sites is 2. The minimum absolute atomic E-state index is 0.514. The van der Waals surface area contributed by atoms with E-state index in [4.69, 9.17) is 10.5 Å². The van der Waals surface area contributed by atoms with E-state index in [1.54, 1.807) is 0 Å². The van der Waals surface area contributed by atoms with Gasteiger partial charge >= 0.3 is 0 Å². The number of benzene rings is 3. The summed E-state index contributed by atoms with van der Waals surface area (Å²) in [7, 11) is 0. The van der Waals surface area contributed by atoms with Crippen LogP contribution in [0.2, 0.25) is 0 Å². The van der Waals surface area contributed by atoms with Gasteiger partial charge < -0.3 is 0 Å². The first kappa shape index (κ1) is 18.1. The van der Waals surface area contributed by atoms with Gasteiger partial charge in [-0.15, -0.1) is 10.5 Å². The van der Waals surface area contributed by atoms with Crippen molar-refractivity contribution in [3.8, 4) is 0 Å². The molecule has 0 fully saturated rings. The van der Waals surface area contributed by atoms with Crippen LogP contribution in [0.4, 0.5) is 11.4 Å². The molecule has 1 aliphatic rings. The lowest BCUT2D eigenvalue weighted by Crippen LogP contribution is -2.48. The van der Waals surface area contributed by atoms with Crippen molar-refractivity contribution in [1.82, 2.24) is 5.43 Å². The molecule has 0 aromatic heterocycles. The lowest BCUT2D eigenvalue weighted by Gasteiger charge is -2.34. The van der Waals surface area contributed by atoms with Crippen LogP contribution in [0.1, 0.15) is 37.3 Å². The number of nitrogens with zero attached hydrogens (tertiary/aromatic N) is 4. The molecule has 1 aliphatic heterocycles. The molecule has 1 heterocycles. The van der Waals surface area contributed by atoms with Gasteiger partial charge in [-0.05, 0) is 48.2 Å². The summed E-state index contributed by atoms with van der Waals surface area (Å²) in [6.07, 6.45) is 1.11. The van der Waals surface area contributed by atoms with E-state index in [9.17, 15) is 0 Å². The van der Waals surface area contributed by atoms with Gasteiger partial charge in [-0.1, -0.05) is 68.4 Å². The number of rotatable bonds is 5. The fraction of sp³-hybridized carbons (Fsp3) is 0.208. The molecule has 28 heavy (non-hydrogen) atoms. The molecular formula is C24H25N4. The molecule has 0 saturated heterocycles. The molecule has 3 aromatic carbocycles. The summed E-state index contributed by atoms with van der Waals surface area (Å²) >= 11 is 0. The lowest BCUT2D eigenvalue weighted by molar-refractivity contribution is 0.670. The number of hydrogen-bond acceptors (Lipinski definition) is 3. The van der Waals surface area contributed by atoms with Gasteiger partial charge in [-0.25, -0.2) is 10.0 Å². The maximum Gasteiger partial charge on any atom is 0.199 e. The molecule has 3 aromatic rings. The van der Waals surface area contributed by atoms with Gasteiger partial charge in [0.1, 0.15) is 6.67 Å². The first-order chi connectivity index (χ1) is 13.7. The normalized spacial score (nSPS) is 15.0. The quantitative estimate of drug-likeness (QED) is 0.606. The Kier molecular flexibility index (Phi) is 5.29. The van der Waals surface area contributed by atoms with E-state index in [1.807, 2.05) is 46.4 Å². The van der Waals surface area contributed by atoms with E-state index in [1.165, 1.54) is 5.56 Å². The highest BCUT2D eigenvalue weighted by molar-refractivity contribution is 6.00. The van der Waals surface area contributed by atoms with Crippen molar-refractivity contribution in [3.05, 3.63) is 96.1 Å².